The number of anilines is 1. The lowest BCUT2D eigenvalue weighted by molar-refractivity contribution is 0.271. The highest BCUT2D eigenvalue weighted by molar-refractivity contribution is 5.60. The van der Waals surface area contributed by atoms with Gasteiger partial charge in [-0.15, -0.1) is 0 Å². The lowest BCUT2D eigenvalue weighted by atomic mass is 10.1. The highest BCUT2D eigenvalue weighted by atomic mass is 16.3. The van der Waals surface area contributed by atoms with Crippen LogP contribution in [0.4, 0.5) is 5.82 Å². The maximum atomic E-state index is 9.20. The molecule has 0 aliphatic heterocycles. The Hall–Kier alpha value is -1.94. The van der Waals surface area contributed by atoms with E-state index in [0.717, 1.165) is 17.7 Å². The highest BCUT2D eigenvalue weighted by Gasteiger charge is 2.07. The first-order valence-corrected chi connectivity index (χ1v) is 6.49. The van der Waals surface area contributed by atoms with Crippen LogP contribution in [0, 0.1) is 6.92 Å². The number of hydrogen-bond donors (Lipinski definition) is 2. The topological polar surface area (TPSA) is 58.0 Å². The predicted octanol–water partition coefficient (Wildman–Crippen LogP) is 2.63. The Labute approximate surface area is 113 Å². The molecule has 1 aromatic heterocycles. The van der Waals surface area contributed by atoms with E-state index in [2.05, 4.69) is 34.3 Å². The van der Waals surface area contributed by atoms with E-state index in [9.17, 15) is 5.11 Å². The number of nitrogens with zero attached hydrogens (tertiary/aromatic N) is 2. The predicted molar refractivity (Wildman–Crippen MR) is 77.0 cm³/mol. The SMILES string of the molecule is CCC(CO)Nc1cncc(-c2cccc(C)c2)n1. The van der Waals surface area contributed by atoms with E-state index in [1.54, 1.807) is 12.4 Å². The molecule has 1 heterocycles. The van der Waals surface area contributed by atoms with Crippen molar-refractivity contribution in [3.05, 3.63) is 42.2 Å². The normalized spacial score (nSPS) is 12.2. The van der Waals surface area contributed by atoms with Crippen molar-refractivity contribution >= 4 is 5.82 Å². The lowest BCUT2D eigenvalue weighted by Gasteiger charge is -2.14. The summed E-state index contributed by atoms with van der Waals surface area (Å²) in [6, 6.07) is 8.18. The van der Waals surface area contributed by atoms with E-state index in [4.69, 9.17) is 0 Å². The molecule has 0 fully saturated rings. The largest absolute Gasteiger partial charge is 0.394 e. The number of aliphatic hydroxyl groups excluding tert-OH is 1. The van der Waals surface area contributed by atoms with Gasteiger partial charge in [0.2, 0.25) is 0 Å². The quantitative estimate of drug-likeness (QED) is 0.864. The molecule has 4 nitrogen and oxygen atoms in total. The first-order valence-electron chi connectivity index (χ1n) is 6.49. The van der Waals surface area contributed by atoms with E-state index in [1.165, 1.54) is 5.56 Å². The van der Waals surface area contributed by atoms with Gasteiger partial charge in [0.25, 0.3) is 0 Å². The number of rotatable bonds is 5. The summed E-state index contributed by atoms with van der Waals surface area (Å²) in [5, 5.41) is 12.4. The second-order valence-electron chi connectivity index (χ2n) is 4.59. The van der Waals surface area contributed by atoms with Crippen molar-refractivity contribution in [1.29, 1.82) is 0 Å². The molecule has 0 bridgehead atoms. The van der Waals surface area contributed by atoms with Crippen LogP contribution in [0.5, 0.6) is 0 Å². The molecule has 2 rings (SSSR count). The van der Waals surface area contributed by atoms with Gasteiger partial charge in [0, 0.05) is 5.56 Å². The van der Waals surface area contributed by atoms with Gasteiger partial charge in [-0.05, 0) is 19.4 Å². The fraction of sp³-hybridized carbons (Fsp3) is 0.333. The smallest absolute Gasteiger partial charge is 0.145 e. The summed E-state index contributed by atoms with van der Waals surface area (Å²) in [6.07, 6.45) is 4.27. The standard InChI is InChI=1S/C15H19N3O/c1-3-13(10-19)17-15-9-16-8-14(18-15)12-6-4-5-11(2)7-12/h4-9,13,19H,3,10H2,1-2H3,(H,17,18). The zero-order chi connectivity index (χ0) is 13.7. The number of aliphatic hydroxyl groups is 1. The van der Waals surface area contributed by atoms with E-state index < -0.39 is 0 Å². The second-order valence-corrected chi connectivity index (χ2v) is 4.59. The first-order chi connectivity index (χ1) is 9.22. The van der Waals surface area contributed by atoms with Gasteiger partial charge in [-0.25, -0.2) is 4.98 Å². The molecular weight excluding hydrogens is 238 g/mol. The molecule has 0 radical (unpaired) electrons. The minimum atomic E-state index is 0.0158. The molecule has 0 aliphatic carbocycles. The van der Waals surface area contributed by atoms with E-state index >= 15 is 0 Å². The van der Waals surface area contributed by atoms with Crippen LogP contribution < -0.4 is 5.32 Å². The van der Waals surface area contributed by atoms with Crippen LogP contribution in [0.25, 0.3) is 11.3 Å². The summed E-state index contributed by atoms with van der Waals surface area (Å²) in [7, 11) is 0. The molecule has 0 spiro atoms. The molecular formula is C15H19N3O. The van der Waals surface area contributed by atoms with E-state index in [0.29, 0.717) is 5.82 Å². The number of aromatic nitrogens is 2. The molecule has 2 aromatic rings. The second kappa shape index (κ2) is 6.29. The fourth-order valence-electron chi connectivity index (χ4n) is 1.86. The Morgan fingerprint density at radius 1 is 1.32 bits per heavy atom. The van der Waals surface area contributed by atoms with Gasteiger partial charge in [0.05, 0.1) is 30.7 Å². The zero-order valence-electron chi connectivity index (χ0n) is 11.3. The van der Waals surface area contributed by atoms with Crippen molar-refractivity contribution in [2.75, 3.05) is 11.9 Å². The van der Waals surface area contributed by atoms with Crippen molar-refractivity contribution in [1.82, 2.24) is 9.97 Å². The van der Waals surface area contributed by atoms with Gasteiger partial charge < -0.3 is 10.4 Å². The van der Waals surface area contributed by atoms with Crippen LogP contribution in [-0.2, 0) is 0 Å². The molecule has 1 aromatic carbocycles. The summed E-state index contributed by atoms with van der Waals surface area (Å²) >= 11 is 0. The molecule has 0 saturated heterocycles. The molecule has 1 atom stereocenters. The zero-order valence-corrected chi connectivity index (χ0v) is 11.3. The molecule has 0 aliphatic rings. The third kappa shape index (κ3) is 3.51. The third-order valence-electron chi connectivity index (χ3n) is 3.01. The van der Waals surface area contributed by atoms with Crippen LogP contribution in [0.15, 0.2) is 36.7 Å². The number of benzene rings is 1. The number of aryl methyl sites for hydroxylation is 1. The van der Waals surface area contributed by atoms with Gasteiger partial charge >= 0.3 is 0 Å². The molecule has 1 unspecified atom stereocenters. The molecule has 0 amide bonds. The highest BCUT2D eigenvalue weighted by Crippen LogP contribution is 2.19. The van der Waals surface area contributed by atoms with Crippen molar-refractivity contribution in [2.45, 2.75) is 26.3 Å². The van der Waals surface area contributed by atoms with Gasteiger partial charge in [0.15, 0.2) is 0 Å². The average Bonchev–Trinajstić information content (AvgIpc) is 2.45. The summed E-state index contributed by atoms with van der Waals surface area (Å²) in [5.74, 6) is 0.694. The molecule has 0 saturated carbocycles. The molecule has 2 N–H and O–H groups in total. The van der Waals surface area contributed by atoms with Crippen LogP contribution in [-0.4, -0.2) is 27.7 Å². The number of nitrogens with one attached hydrogen (secondary N) is 1. The van der Waals surface area contributed by atoms with Crippen molar-refractivity contribution in [3.63, 3.8) is 0 Å². The Kier molecular flexibility index (Phi) is 4.47. The summed E-state index contributed by atoms with van der Waals surface area (Å²) in [4.78, 5) is 8.74. The van der Waals surface area contributed by atoms with Gasteiger partial charge in [0.1, 0.15) is 5.82 Å². The van der Waals surface area contributed by atoms with Gasteiger partial charge in [-0.3, -0.25) is 4.98 Å². The average molecular weight is 257 g/mol. The van der Waals surface area contributed by atoms with E-state index in [1.807, 2.05) is 19.1 Å². The molecule has 19 heavy (non-hydrogen) atoms. The Balaban J connectivity index is 2.24. The third-order valence-corrected chi connectivity index (χ3v) is 3.01. The van der Waals surface area contributed by atoms with Gasteiger partial charge in [-0.2, -0.15) is 0 Å². The summed E-state index contributed by atoms with van der Waals surface area (Å²) in [5.41, 5.74) is 3.08. The minimum Gasteiger partial charge on any atom is -0.394 e. The Bertz CT molecular complexity index is 538. The van der Waals surface area contributed by atoms with E-state index in [-0.39, 0.29) is 12.6 Å². The summed E-state index contributed by atoms with van der Waals surface area (Å²) < 4.78 is 0. The lowest BCUT2D eigenvalue weighted by Crippen LogP contribution is -2.23. The van der Waals surface area contributed by atoms with Crippen molar-refractivity contribution in [3.8, 4) is 11.3 Å². The maximum Gasteiger partial charge on any atom is 0.145 e. The maximum absolute atomic E-state index is 9.20. The fourth-order valence-corrected chi connectivity index (χ4v) is 1.86. The summed E-state index contributed by atoms with van der Waals surface area (Å²) in [6.45, 7) is 4.16. The van der Waals surface area contributed by atoms with Crippen LogP contribution in [0.1, 0.15) is 18.9 Å². The molecule has 4 heteroatoms. The first kappa shape index (κ1) is 13.5. The van der Waals surface area contributed by atoms with Crippen LogP contribution >= 0.6 is 0 Å². The van der Waals surface area contributed by atoms with Crippen molar-refractivity contribution < 1.29 is 5.11 Å². The Morgan fingerprint density at radius 2 is 2.16 bits per heavy atom. The number of hydrogen-bond acceptors (Lipinski definition) is 4. The monoisotopic (exact) mass is 257 g/mol. The van der Waals surface area contributed by atoms with Crippen LogP contribution in [0.3, 0.4) is 0 Å². The minimum absolute atomic E-state index is 0.0158. The van der Waals surface area contributed by atoms with Gasteiger partial charge in [-0.1, -0.05) is 30.7 Å². The van der Waals surface area contributed by atoms with Crippen LogP contribution in [0.2, 0.25) is 0 Å². The van der Waals surface area contributed by atoms with Crippen molar-refractivity contribution in [2.24, 2.45) is 0 Å². The Morgan fingerprint density at radius 3 is 2.84 bits per heavy atom. The molecule has 100 valence electrons.